The van der Waals surface area contributed by atoms with Crippen molar-refractivity contribution in [3.63, 3.8) is 0 Å². The highest BCUT2D eigenvalue weighted by Gasteiger charge is 2.39. The second-order valence-corrected chi connectivity index (χ2v) is 6.24. The number of ether oxygens (including phenoxy) is 3. The molecule has 128 valence electrons. The molecule has 0 saturated carbocycles. The normalized spacial score (nSPS) is 25.5. The molecule has 5 heteroatoms. The van der Waals surface area contributed by atoms with Crippen LogP contribution in [0.1, 0.15) is 59.8 Å². The zero-order valence-corrected chi connectivity index (χ0v) is 14.2. The van der Waals surface area contributed by atoms with Crippen molar-refractivity contribution in [3.05, 3.63) is 12.2 Å². The summed E-state index contributed by atoms with van der Waals surface area (Å²) in [5.74, 6) is -0.986. The molecule has 0 radical (unpaired) electrons. The van der Waals surface area contributed by atoms with Crippen molar-refractivity contribution in [3.8, 4) is 0 Å². The molecule has 0 unspecified atom stereocenters. The first-order valence-corrected chi connectivity index (χ1v) is 8.22. The summed E-state index contributed by atoms with van der Waals surface area (Å²) >= 11 is 0. The van der Waals surface area contributed by atoms with E-state index in [-0.39, 0.29) is 24.3 Å². The molecule has 1 aliphatic rings. The zero-order chi connectivity index (χ0) is 16.6. The maximum Gasteiger partial charge on any atom is 0.330 e. The van der Waals surface area contributed by atoms with Crippen molar-refractivity contribution in [2.75, 3.05) is 6.61 Å². The Bertz CT molecular complexity index is 362. The number of rotatable bonds is 9. The lowest BCUT2D eigenvalue weighted by atomic mass is 10.0. The number of esters is 1. The molecule has 22 heavy (non-hydrogen) atoms. The maximum atomic E-state index is 11.4. The number of aliphatic hydroxyl groups is 1. The summed E-state index contributed by atoms with van der Waals surface area (Å²) in [6.07, 6.45) is 7.43. The highest BCUT2D eigenvalue weighted by Crippen LogP contribution is 2.31. The predicted molar refractivity (Wildman–Crippen MR) is 84.4 cm³/mol. The van der Waals surface area contributed by atoms with Crippen LogP contribution < -0.4 is 0 Å². The first kappa shape index (κ1) is 19.1. The lowest BCUT2D eigenvalue weighted by molar-refractivity contribution is -0.144. The number of aliphatic hydroxyl groups excluding tert-OH is 1. The lowest BCUT2D eigenvalue weighted by Gasteiger charge is -2.16. The SMILES string of the molecule is CCOC(=O)/C=C\[C@@H]1OC(C)(C)O[C@H]1CCCCC[C@H](C)O. The van der Waals surface area contributed by atoms with Gasteiger partial charge in [0.05, 0.1) is 18.8 Å². The average molecular weight is 314 g/mol. The molecule has 1 N–H and O–H groups in total. The van der Waals surface area contributed by atoms with Crippen LogP contribution in [0.5, 0.6) is 0 Å². The zero-order valence-electron chi connectivity index (χ0n) is 14.2. The van der Waals surface area contributed by atoms with Crippen molar-refractivity contribution in [1.82, 2.24) is 0 Å². The minimum atomic E-state index is -0.631. The molecular formula is C17H30O5. The van der Waals surface area contributed by atoms with Gasteiger partial charge in [-0.2, -0.15) is 0 Å². The van der Waals surface area contributed by atoms with Gasteiger partial charge in [-0.05, 0) is 46.6 Å². The van der Waals surface area contributed by atoms with Crippen molar-refractivity contribution in [2.45, 2.75) is 83.9 Å². The molecule has 0 aromatic rings. The molecule has 1 saturated heterocycles. The molecule has 0 aromatic carbocycles. The molecule has 5 nitrogen and oxygen atoms in total. The van der Waals surface area contributed by atoms with Crippen molar-refractivity contribution in [2.24, 2.45) is 0 Å². The van der Waals surface area contributed by atoms with Gasteiger partial charge in [-0.25, -0.2) is 4.79 Å². The van der Waals surface area contributed by atoms with Crippen molar-refractivity contribution >= 4 is 5.97 Å². The molecule has 1 rings (SSSR count). The van der Waals surface area contributed by atoms with Crippen molar-refractivity contribution in [1.29, 1.82) is 0 Å². The Balaban J connectivity index is 2.42. The Kier molecular flexibility index (Phi) is 8.07. The van der Waals surface area contributed by atoms with Crippen LogP contribution >= 0.6 is 0 Å². The molecule has 0 aromatic heterocycles. The highest BCUT2D eigenvalue weighted by molar-refractivity contribution is 5.81. The minimum absolute atomic E-state index is 0.0489. The molecule has 0 amide bonds. The second-order valence-electron chi connectivity index (χ2n) is 6.24. The molecule has 1 aliphatic heterocycles. The Morgan fingerprint density at radius 1 is 1.32 bits per heavy atom. The van der Waals surface area contributed by atoms with E-state index in [0.717, 1.165) is 32.1 Å². The Labute approximate surface area is 133 Å². The van der Waals surface area contributed by atoms with Gasteiger partial charge in [-0.3, -0.25) is 0 Å². The van der Waals surface area contributed by atoms with Crippen LogP contribution in [0.3, 0.4) is 0 Å². The predicted octanol–water partition coefficient (Wildman–Crippen LogP) is 2.96. The number of carbonyl (C=O) groups is 1. The van der Waals surface area contributed by atoms with Gasteiger partial charge in [0.1, 0.15) is 6.10 Å². The van der Waals surface area contributed by atoms with E-state index in [1.807, 2.05) is 20.8 Å². The van der Waals surface area contributed by atoms with Gasteiger partial charge in [-0.1, -0.05) is 19.3 Å². The van der Waals surface area contributed by atoms with Crippen molar-refractivity contribution < 1.29 is 24.1 Å². The third-order valence-electron chi connectivity index (χ3n) is 3.54. The van der Waals surface area contributed by atoms with E-state index in [1.165, 1.54) is 6.08 Å². The fourth-order valence-corrected chi connectivity index (χ4v) is 2.58. The van der Waals surface area contributed by atoms with Crippen LogP contribution in [-0.2, 0) is 19.0 Å². The largest absolute Gasteiger partial charge is 0.463 e. The van der Waals surface area contributed by atoms with Gasteiger partial charge in [0.2, 0.25) is 0 Å². The van der Waals surface area contributed by atoms with E-state index >= 15 is 0 Å². The summed E-state index contributed by atoms with van der Waals surface area (Å²) in [7, 11) is 0. The van der Waals surface area contributed by atoms with Gasteiger partial charge >= 0.3 is 5.97 Å². The molecule has 1 heterocycles. The van der Waals surface area contributed by atoms with Gasteiger partial charge in [0, 0.05) is 6.08 Å². The third-order valence-corrected chi connectivity index (χ3v) is 3.54. The molecule has 3 atom stereocenters. The fraction of sp³-hybridized carbons (Fsp3) is 0.824. The Hall–Kier alpha value is -0.910. The summed E-state index contributed by atoms with van der Waals surface area (Å²) < 4.78 is 16.6. The van der Waals surface area contributed by atoms with Gasteiger partial charge < -0.3 is 19.3 Å². The standard InChI is InChI=1S/C17H30O5/c1-5-20-16(19)12-11-15-14(21-17(3,4)22-15)10-8-6-7-9-13(2)18/h11-15,18H,5-10H2,1-4H3/b12-11-/t13-,14-,15-/m0/s1. The topological polar surface area (TPSA) is 65.0 Å². The molecular weight excluding hydrogens is 284 g/mol. The molecule has 1 fully saturated rings. The smallest absolute Gasteiger partial charge is 0.330 e. The fourth-order valence-electron chi connectivity index (χ4n) is 2.58. The summed E-state index contributed by atoms with van der Waals surface area (Å²) in [6, 6.07) is 0. The van der Waals surface area contributed by atoms with E-state index in [0.29, 0.717) is 6.61 Å². The van der Waals surface area contributed by atoms with Crippen LogP contribution in [0.4, 0.5) is 0 Å². The number of carbonyl (C=O) groups excluding carboxylic acids is 1. The molecule has 0 spiro atoms. The van der Waals surface area contributed by atoms with Crippen LogP contribution in [0.15, 0.2) is 12.2 Å². The first-order valence-electron chi connectivity index (χ1n) is 8.22. The van der Waals surface area contributed by atoms with Crippen LogP contribution in [-0.4, -0.2) is 41.8 Å². The lowest BCUT2D eigenvalue weighted by Crippen LogP contribution is -2.21. The van der Waals surface area contributed by atoms with Gasteiger partial charge in [0.25, 0.3) is 0 Å². The number of hydrogen-bond acceptors (Lipinski definition) is 5. The van der Waals surface area contributed by atoms with E-state index in [1.54, 1.807) is 13.0 Å². The van der Waals surface area contributed by atoms with Gasteiger partial charge in [0.15, 0.2) is 5.79 Å². The maximum absolute atomic E-state index is 11.4. The second kappa shape index (κ2) is 9.28. The highest BCUT2D eigenvalue weighted by atomic mass is 16.7. The Morgan fingerprint density at radius 2 is 2.05 bits per heavy atom. The Morgan fingerprint density at radius 3 is 2.68 bits per heavy atom. The van der Waals surface area contributed by atoms with Crippen LogP contribution in [0.2, 0.25) is 0 Å². The third kappa shape index (κ3) is 7.38. The summed E-state index contributed by atoms with van der Waals surface area (Å²) in [5, 5.41) is 9.24. The van der Waals surface area contributed by atoms with Crippen LogP contribution in [0.25, 0.3) is 0 Å². The van der Waals surface area contributed by atoms with E-state index in [9.17, 15) is 9.90 Å². The first-order chi connectivity index (χ1) is 10.3. The molecule has 0 bridgehead atoms. The van der Waals surface area contributed by atoms with E-state index in [2.05, 4.69) is 0 Å². The van der Waals surface area contributed by atoms with Gasteiger partial charge in [-0.15, -0.1) is 0 Å². The van der Waals surface area contributed by atoms with E-state index in [4.69, 9.17) is 14.2 Å². The van der Waals surface area contributed by atoms with E-state index < -0.39 is 5.79 Å². The molecule has 0 aliphatic carbocycles. The minimum Gasteiger partial charge on any atom is -0.463 e. The quantitative estimate of drug-likeness (QED) is 0.403. The number of unbranched alkanes of at least 4 members (excludes halogenated alkanes) is 2. The number of hydrogen-bond donors (Lipinski definition) is 1. The summed E-state index contributed by atoms with van der Waals surface area (Å²) in [4.78, 5) is 11.4. The average Bonchev–Trinajstić information content (AvgIpc) is 2.70. The van der Waals surface area contributed by atoms with Crippen LogP contribution in [0, 0.1) is 0 Å². The summed E-state index contributed by atoms with van der Waals surface area (Å²) in [6.45, 7) is 7.72. The monoisotopic (exact) mass is 314 g/mol. The summed E-state index contributed by atoms with van der Waals surface area (Å²) in [5.41, 5.74) is 0.